The van der Waals surface area contributed by atoms with E-state index < -0.39 is 0 Å². The molecule has 2 atom stereocenters. The van der Waals surface area contributed by atoms with E-state index >= 15 is 0 Å². The summed E-state index contributed by atoms with van der Waals surface area (Å²) in [5.41, 5.74) is 6.68. The summed E-state index contributed by atoms with van der Waals surface area (Å²) in [4.78, 5) is 0. The van der Waals surface area contributed by atoms with E-state index in [-0.39, 0.29) is 5.60 Å². The van der Waals surface area contributed by atoms with Gasteiger partial charge in [0.2, 0.25) is 0 Å². The van der Waals surface area contributed by atoms with Crippen molar-refractivity contribution in [2.24, 2.45) is 11.7 Å². The van der Waals surface area contributed by atoms with Crippen LogP contribution in [0.15, 0.2) is 24.3 Å². The first kappa shape index (κ1) is 19.5. The van der Waals surface area contributed by atoms with Gasteiger partial charge in [-0.15, -0.1) is 0 Å². The SMILES string of the molecule is CCCC[C@H](CC)[C@@](CCC)(OCCN)c1cccc(Cl)c1. The molecule has 126 valence electrons. The van der Waals surface area contributed by atoms with Gasteiger partial charge in [-0.1, -0.05) is 70.2 Å². The van der Waals surface area contributed by atoms with Gasteiger partial charge in [0.25, 0.3) is 0 Å². The summed E-state index contributed by atoms with van der Waals surface area (Å²) in [6, 6.07) is 8.19. The Morgan fingerprint density at radius 3 is 2.55 bits per heavy atom. The van der Waals surface area contributed by atoms with E-state index in [0.717, 1.165) is 24.3 Å². The van der Waals surface area contributed by atoms with Gasteiger partial charge in [-0.3, -0.25) is 0 Å². The lowest BCUT2D eigenvalue weighted by atomic mass is 9.74. The van der Waals surface area contributed by atoms with Crippen molar-refractivity contribution in [2.45, 2.75) is 64.9 Å². The first-order valence-electron chi connectivity index (χ1n) is 8.74. The highest BCUT2D eigenvalue weighted by molar-refractivity contribution is 6.30. The van der Waals surface area contributed by atoms with Crippen LogP contribution in [0.5, 0.6) is 0 Å². The van der Waals surface area contributed by atoms with Crippen molar-refractivity contribution in [1.82, 2.24) is 0 Å². The summed E-state index contributed by atoms with van der Waals surface area (Å²) >= 11 is 6.26. The van der Waals surface area contributed by atoms with Crippen LogP contribution in [-0.4, -0.2) is 13.2 Å². The average Bonchev–Trinajstić information content (AvgIpc) is 2.53. The predicted octanol–water partition coefficient (Wildman–Crippen LogP) is 5.53. The Balaban J connectivity index is 3.24. The molecule has 0 spiro atoms. The second kappa shape index (κ2) is 10.3. The Labute approximate surface area is 141 Å². The van der Waals surface area contributed by atoms with Crippen molar-refractivity contribution in [3.8, 4) is 0 Å². The first-order chi connectivity index (χ1) is 10.6. The number of hydrogen-bond donors (Lipinski definition) is 1. The molecule has 0 aliphatic heterocycles. The van der Waals surface area contributed by atoms with Gasteiger partial charge in [0.05, 0.1) is 12.2 Å². The molecule has 0 radical (unpaired) electrons. The molecule has 0 bridgehead atoms. The predicted molar refractivity (Wildman–Crippen MR) is 96.4 cm³/mol. The van der Waals surface area contributed by atoms with Crippen LogP contribution in [0.4, 0.5) is 0 Å². The maximum Gasteiger partial charge on any atom is 0.0960 e. The van der Waals surface area contributed by atoms with Crippen LogP contribution in [0.25, 0.3) is 0 Å². The van der Waals surface area contributed by atoms with Crippen LogP contribution >= 0.6 is 11.6 Å². The van der Waals surface area contributed by atoms with Gasteiger partial charge in [-0.05, 0) is 36.5 Å². The fourth-order valence-electron chi connectivity index (χ4n) is 3.44. The number of rotatable bonds is 11. The maximum atomic E-state index is 6.43. The molecule has 0 saturated carbocycles. The largest absolute Gasteiger partial charge is 0.369 e. The normalized spacial score (nSPS) is 15.5. The van der Waals surface area contributed by atoms with E-state index in [2.05, 4.69) is 32.9 Å². The lowest BCUT2D eigenvalue weighted by Crippen LogP contribution is -2.39. The molecule has 3 heteroatoms. The third-order valence-corrected chi connectivity index (χ3v) is 4.71. The van der Waals surface area contributed by atoms with E-state index in [1.807, 2.05) is 12.1 Å². The molecule has 0 aliphatic carbocycles. The van der Waals surface area contributed by atoms with Crippen LogP contribution in [0.1, 0.15) is 64.9 Å². The fraction of sp³-hybridized carbons (Fsp3) is 0.684. The molecule has 0 fully saturated rings. The van der Waals surface area contributed by atoms with Crippen molar-refractivity contribution in [3.63, 3.8) is 0 Å². The fourth-order valence-corrected chi connectivity index (χ4v) is 3.63. The Bertz CT molecular complexity index is 424. The number of ether oxygens (including phenoxy) is 1. The third-order valence-electron chi connectivity index (χ3n) is 4.47. The highest BCUT2D eigenvalue weighted by Crippen LogP contribution is 2.43. The Hall–Kier alpha value is -0.570. The minimum absolute atomic E-state index is 0.261. The molecular weight excluding hydrogens is 294 g/mol. The molecule has 0 amide bonds. The third kappa shape index (κ3) is 4.97. The number of unbranched alkanes of at least 4 members (excludes halogenated alkanes) is 1. The minimum Gasteiger partial charge on any atom is -0.369 e. The topological polar surface area (TPSA) is 35.2 Å². The molecule has 0 heterocycles. The lowest BCUT2D eigenvalue weighted by molar-refractivity contribution is -0.101. The van der Waals surface area contributed by atoms with Gasteiger partial charge in [0.1, 0.15) is 0 Å². The lowest BCUT2D eigenvalue weighted by Gasteiger charge is -2.41. The standard InChI is InChI=1S/C19H32ClNO/c1-4-7-9-16(6-3)19(12-5-2,22-14-13-21)17-10-8-11-18(20)15-17/h8,10-11,15-16H,4-7,9,12-14,21H2,1-3H3/t16-,19+/m0/s1. The first-order valence-corrected chi connectivity index (χ1v) is 9.12. The molecule has 1 aromatic rings. The molecular formula is C19H32ClNO. The highest BCUT2D eigenvalue weighted by Gasteiger charge is 2.39. The molecule has 0 unspecified atom stereocenters. The molecule has 0 saturated heterocycles. The summed E-state index contributed by atoms with van der Waals surface area (Å²) in [7, 11) is 0. The highest BCUT2D eigenvalue weighted by atomic mass is 35.5. The number of halogens is 1. The van der Waals surface area contributed by atoms with Crippen LogP contribution in [0.2, 0.25) is 5.02 Å². The summed E-state index contributed by atoms with van der Waals surface area (Å²) in [5.74, 6) is 0.498. The van der Waals surface area contributed by atoms with Gasteiger partial charge in [-0.2, -0.15) is 0 Å². The number of hydrogen-bond acceptors (Lipinski definition) is 2. The van der Waals surface area contributed by atoms with Crippen molar-refractivity contribution >= 4 is 11.6 Å². The summed E-state index contributed by atoms with van der Waals surface area (Å²) in [5, 5.41) is 0.777. The van der Waals surface area contributed by atoms with E-state index in [9.17, 15) is 0 Å². The van der Waals surface area contributed by atoms with Gasteiger partial charge >= 0.3 is 0 Å². The van der Waals surface area contributed by atoms with Gasteiger partial charge in [-0.25, -0.2) is 0 Å². The zero-order chi connectivity index (χ0) is 16.4. The van der Waals surface area contributed by atoms with Crippen LogP contribution in [0, 0.1) is 5.92 Å². The molecule has 22 heavy (non-hydrogen) atoms. The molecule has 0 aliphatic rings. The number of benzene rings is 1. The zero-order valence-corrected chi connectivity index (χ0v) is 15.2. The van der Waals surface area contributed by atoms with Crippen LogP contribution < -0.4 is 5.73 Å². The summed E-state index contributed by atoms with van der Waals surface area (Å²) in [6.07, 6.45) is 6.83. The quantitative estimate of drug-likeness (QED) is 0.580. The molecule has 2 nitrogen and oxygen atoms in total. The van der Waals surface area contributed by atoms with Crippen molar-refractivity contribution in [1.29, 1.82) is 0 Å². The maximum absolute atomic E-state index is 6.43. The second-order valence-corrected chi connectivity index (χ2v) is 6.47. The van der Waals surface area contributed by atoms with E-state index in [4.69, 9.17) is 22.1 Å². The zero-order valence-electron chi connectivity index (χ0n) is 14.4. The Morgan fingerprint density at radius 2 is 2.00 bits per heavy atom. The second-order valence-electron chi connectivity index (χ2n) is 6.03. The van der Waals surface area contributed by atoms with Crippen LogP contribution in [-0.2, 0) is 10.3 Å². The summed E-state index contributed by atoms with van der Waals surface area (Å²) < 4.78 is 6.43. The molecule has 0 aromatic heterocycles. The minimum atomic E-state index is -0.261. The van der Waals surface area contributed by atoms with E-state index in [1.165, 1.54) is 24.8 Å². The van der Waals surface area contributed by atoms with Gasteiger partial charge in [0.15, 0.2) is 0 Å². The van der Waals surface area contributed by atoms with Crippen molar-refractivity contribution < 1.29 is 4.74 Å². The van der Waals surface area contributed by atoms with Gasteiger partial charge < -0.3 is 10.5 Å². The average molecular weight is 326 g/mol. The Morgan fingerprint density at radius 1 is 1.23 bits per heavy atom. The van der Waals surface area contributed by atoms with Crippen molar-refractivity contribution in [2.75, 3.05) is 13.2 Å². The monoisotopic (exact) mass is 325 g/mol. The van der Waals surface area contributed by atoms with Crippen molar-refractivity contribution in [3.05, 3.63) is 34.9 Å². The molecule has 1 aromatic carbocycles. The molecule has 1 rings (SSSR count). The van der Waals surface area contributed by atoms with Gasteiger partial charge in [0, 0.05) is 11.6 Å². The number of nitrogens with two attached hydrogens (primary N) is 1. The van der Waals surface area contributed by atoms with Crippen LogP contribution in [0.3, 0.4) is 0 Å². The Kier molecular flexibility index (Phi) is 9.08. The smallest absolute Gasteiger partial charge is 0.0960 e. The summed E-state index contributed by atoms with van der Waals surface area (Å²) in [6.45, 7) is 7.87. The van der Waals surface area contributed by atoms with E-state index in [0.29, 0.717) is 19.1 Å². The van der Waals surface area contributed by atoms with E-state index in [1.54, 1.807) is 0 Å². The molecule has 2 N–H and O–H groups in total.